The Kier molecular flexibility index (Phi) is 6.94. The van der Waals surface area contributed by atoms with Crippen molar-refractivity contribution >= 4 is 34.0 Å². The Balaban J connectivity index is 1.43. The number of nitrogen functional groups attached to an aromatic ring is 1. The van der Waals surface area contributed by atoms with Crippen molar-refractivity contribution in [2.75, 3.05) is 50.0 Å². The molecule has 236 valence electrons. The van der Waals surface area contributed by atoms with Crippen LogP contribution in [-0.2, 0) is 6.18 Å². The summed E-state index contributed by atoms with van der Waals surface area (Å²) >= 11 is 5.79. The Morgan fingerprint density at radius 3 is 2.77 bits per heavy atom. The highest BCUT2D eigenvalue weighted by Crippen LogP contribution is 2.48. The van der Waals surface area contributed by atoms with Crippen molar-refractivity contribution in [3.05, 3.63) is 28.3 Å². The fourth-order valence-electron chi connectivity index (χ4n) is 7.06. The fraction of sp³-hybridized carbons (Fsp3) is 0.536. The summed E-state index contributed by atoms with van der Waals surface area (Å²) in [5, 5.41) is 2.01. The van der Waals surface area contributed by atoms with Gasteiger partial charge >= 0.3 is 12.2 Å². The molecule has 0 bridgehead atoms. The number of aromatic nitrogens is 3. The van der Waals surface area contributed by atoms with E-state index >= 15 is 4.39 Å². The number of hydrogen-bond donors (Lipinski definition) is 2. The maximum absolute atomic E-state index is 16.5. The first-order valence-electron chi connectivity index (χ1n) is 14.3. The van der Waals surface area contributed by atoms with E-state index in [1.54, 1.807) is 6.92 Å². The lowest BCUT2D eigenvalue weighted by Crippen LogP contribution is -2.56. The van der Waals surface area contributed by atoms with Crippen LogP contribution < -0.4 is 25.4 Å². The maximum atomic E-state index is 16.5. The van der Waals surface area contributed by atoms with Crippen LogP contribution in [0.2, 0.25) is 5.02 Å². The number of halogens is 7. The lowest BCUT2D eigenvalue weighted by molar-refractivity contribution is -0.137. The molecule has 1 aromatic carbocycles. The number of benzene rings is 1. The van der Waals surface area contributed by atoms with Crippen molar-refractivity contribution < 1.29 is 35.8 Å². The number of nitrogens with one attached hydrogen (secondary N) is 1. The minimum Gasteiger partial charge on any atom is -0.472 e. The molecule has 2 aromatic heterocycles. The Morgan fingerprint density at radius 2 is 2.00 bits per heavy atom. The number of nitrogens with two attached hydrogens (primary N) is 1. The molecule has 16 heteroatoms. The first kappa shape index (κ1) is 29.4. The second-order valence-electron chi connectivity index (χ2n) is 11.8. The molecule has 6 heterocycles. The Labute approximate surface area is 252 Å². The smallest absolute Gasteiger partial charge is 0.418 e. The largest absolute Gasteiger partial charge is 0.472 e. The van der Waals surface area contributed by atoms with Crippen molar-refractivity contribution in [1.82, 2.24) is 25.2 Å². The third-order valence-corrected chi connectivity index (χ3v) is 9.47. The normalized spacial score (nSPS) is 26.8. The summed E-state index contributed by atoms with van der Waals surface area (Å²) < 4.78 is 100. The summed E-state index contributed by atoms with van der Waals surface area (Å²) in [6, 6.07) is 0.114. The van der Waals surface area contributed by atoms with E-state index in [2.05, 4.69) is 20.3 Å². The molecule has 7 rings (SSSR count). The minimum atomic E-state index is -5.19. The monoisotopic (exact) mass is 643 g/mol. The lowest BCUT2D eigenvalue weighted by atomic mass is 9.95. The van der Waals surface area contributed by atoms with Crippen molar-refractivity contribution in [2.45, 2.75) is 56.2 Å². The van der Waals surface area contributed by atoms with Gasteiger partial charge in [0, 0.05) is 38.2 Å². The molecule has 2 unspecified atom stereocenters. The number of piperazine rings is 1. The van der Waals surface area contributed by atoms with Crippen LogP contribution in [-0.4, -0.2) is 83.0 Å². The van der Waals surface area contributed by atoms with E-state index in [0.29, 0.717) is 38.7 Å². The van der Waals surface area contributed by atoms with Gasteiger partial charge in [-0.05, 0) is 32.4 Å². The Bertz CT molecular complexity index is 1660. The maximum Gasteiger partial charge on any atom is 0.418 e. The topological polar surface area (TPSA) is 102 Å². The van der Waals surface area contributed by atoms with E-state index in [9.17, 15) is 22.0 Å². The molecule has 9 nitrogen and oxygen atoms in total. The number of alkyl halides is 4. The van der Waals surface area contributed by atoms with Crippen molar-refractivity contribution in [3.63, 3.8) is 0 Å². The highest BCUT2D eigenvalue weighted by molar-refractivity contribution is 6.32. The van der Waals surface area contributed by atoms with Gasteiger partial charge in [0.15, 0.2) is 11.6 Å². The quantitative estimate of drug-likeness (QED) is 0.309. The molecule has 3 aromatic rings. The van der Waals surface area contributed by atoms with Crippen molar-refractivity contribution in [1.29, 1.82) is 0 Å². The molecule has 4 aliphatic rings. The van der Waals surface area contributed by atoms with Gasteiger partial charge in [0.05, 0.1) is 27.9 Å². The molecular weight excluding hydrogens is 616 g/mol. The van der Waals surface area contributed by atoms with Crippen LogP contribution in [0, 0.1) is 11.6 Å². The molecule has 3 N–H and O–H groups in total. The molecule has 0 amide bonds. The van der Waals surface area contributed by atoms with Crippen molar-refractivity contribution in [3.8, 4) is 23.1 Å². The van der Waals surface area contributed by atoms with E-state index in [1.165, 1.54) is 0 Å². The lowest BCUT2D eigenvalue weighted by Gasteiger charge is -2.38. The van der Waals surface area contributed by atoms with Gasteiger partial charge in [0.1, 0.15) is 41.3 Å². The van der Waals surface area contributed by atoms with Crippen LogP contribution in [0.25, 0.3) is 22.2 Å². The van der Waals surface area contributed by atoms with Gasteiger partial charge in [0.2, 0.25) is 5.88 Å². The van der Waals surface area contributed by atoms with Gasteiger partial charge in [-0.2, -0.15) is 23.1 Å². The number of anilines is 2. The van der Waals surface area contributed by atoms with Gasteiger partial charge in [-0.3, -0.25) is 4.90 Å². The van der Waals surface area contributed by atoms with Crippen LogP contribution in [0.15, 0.2) is 6.07 Å². The van der Waals surface area contributed by atoms with E-state index in [-0.39, 0.29) is 42.2 Å². The van der Waals surface area contributed by atoms with Crippen LogP contribution in [0.5, 0.6) is 11.9 Å². The molecular formula is C28H28ClF6N7O2. The SMILES string of the molecule is CC1Oc2nc(-c3cc(N)c(F)c(Cl)c3C(F)(F)F)c(F)c3nc(OC[C@@]45CCCN4C[C@H](F)C5)nc(c23)N2CCNCC12. The van der Waals surface area contributed by atoms with E-state index in [1.807, 2.05) is 9.80 Å². The van der Waals surface area contributed by atoms with Gasteiger partial charge in [-0.15, -0.1) is 0 Å². The molecule has 3 fully saturated rings. The van der Waals surface area contributed by atoms with Crippen LogP contribution in [0.3, 0.4) is 0 Å². The Hall–Kier alpha value is -3.30. The zero-order valence-corrected chi connectivity index (χ0v) is 24.2. The highest BCUT2D eigenvalue weighted by atomic mass is 35.5. The van der Waals surface area contributed by atoms with Gasteiger partial charge < -0.3 is 25.4 Å². The van der Waals surface area contributed by atoms with Crippen LogP contribution >= 0.6 is 11.6 Å². The summed E-state index contributed by atoms with van der Waals surface area (Å²) in [7, 11) is 0. The second-order valence-corrected chi connectivity index (χ2v) is 12.2. The van der Waals surface area contributed by atoms with Crippen LogP contribution in [0.1, 0.15) is 31.7 Å². The second kappa shape index (κ2) is 10.4. The zero-order valence-electron chi connectivity index (χ0n) is 23.4. The highest BCUT2D eigenvalue weighted by Gasteiger charge is 2.49. The van der Waals surface area contributed by atoms with E-state index in [0.717, 1.165) is 13.0 Å². The summed E-state index contributed by atoms with van der Waals surface area (Å²) in [4.78, 5) is 17.1. The van der Waals surface area contributed by atoms with Crippen molar-refractivity contribution in [2.24, 2.45) is 0 Å². The molecule has 4 aliphatic heterocycles. The number of hydrogen-bond acceptors (Lipinski definition) is 9. The molecule has 0 aliphatic carbocycles. The molecule has 0 spiro atoms. The Morgan fingerprint density at radius 1 is 1.20 bits per heavy atom. The first-order valence-corrected chi connectivity index (χ1v) is 14.7. The van der Waals surface area contributed by atoms with E-state index < -0.39 is 68.7 Å². The summed E-state index contributed by atoms with van der Waals surface area (Å²) in [5.41, 5.74) is 0.616. The van der Waals surface area contributed by atoms with Gasteiger partial charge in [-0.1, -0.05) is 11.6 Å². The molecule has 4 atom stereocenters. The standard InChI is InChI=1S/C28H28ClF6N7O2/c1-12-16-9-37-4-6-42(16)24-17-23(39-26(40-24)43-11-27-3-2-5-41(27)10-13(30)8-27)21(32)22(38-25(17)44-12)14-7-15(36)20(31)19(29)18(14)28(33,34)35/h7,12-13,16,37H,2-6,8-11,36H2,1H3/t12?,13-,16?,27+/m1/s1. The molecule has 44 heavy (non-hydrogen) atoms. The number of fused-ring (bicyclic) bond motifs is 3. The van der Waals surface area contributed by atoms with Gasteiger partial charge in [0.25, 0.3) is 0 Å². The molecule has 0 saturated carbocycles. The number of pyridine rings is 1. The fourth-order valence-corrected chi connectivity index (χ4v) is 7.38. The summed E-state index contributed by atoms with van der Waals surface area (Å²) in [6.45, 7) is 4.33. The predicted octanol–water partition coefficient (Wildman–Crippen LogP) is 4.74. The summed E-state index contributed by atoms with van der Waals surface area (Å²) in [6.07, 6.45) is -4.91. The number of rotatable bonds is 4. The average molecular weight is 644 g/mol. The minimum absolute atomic E-state index is 0.0466. The van der Waals surface area contributed by atoms with Crippen LogP contribution in [0.4, 0.5) is 37.8 Å². The number of nitrogens with zero attached hydrogens (tertiary/aromatic N) is 5. The number of ether oxygens (including phenoxy) is 2. The predicted molar refractivity (Wildman–Crippen MR) is 150 cm³/mol. The molecule has 3 saturated heterocycles. The average Bonchev–Trinajstić information content (AvgIpc) is 3.46. The third kappa shape index (κ3) is 4.57. The van der Waals surface area contributed by atoms with E-state index in [4.69, 9.17) is 26.8 Å². The van der Waals surface area contributed by atoms with Gasteiger partial charge in [-0.25, -0.2) is 18.2 Å². The third-order valence-electron chi connectivity index (χ3n) is 9.11. The summed E-state index contributed by atoms with van der Waals surface area (Å²) in [5.74, 6) is -2.69. The first-order chi connectivity index (χ1) is 20.9. The zero-order chi connectivity index (χ0) is 31.1. The molecule has 0 radical (unpaired) electrons.